The molecule has 1 aliphatic rings. The van der Waals surface area contributed by atoms with Gasteiger partial charge in [0.1, 0.15) is 5.82 Å². The Labute approximate surface area is 77.6 Å². The van der Waals surface area contributed by atoms with Crippen molar-refractivity contribution in [1.29, 1.82) is 0 Å². The van der Waals surface area contributed by atoms with E-state index in [1.165, 1.54) is 0 Å². The van der Waals surface area contributed by atoms with Gasteiger partial charge in [-0.25, -0.2) is 9.67 Å². The number of nitrogens with zero attached hydrogens (tertiary/aromatic N) is 3. The van der Waals surface area contributed by atoms with E-state index in [0.29, 0.717) is 0 Å². The minimum atomic E-state index is 0.196. The highest BCUT2D eigenvalue weighted by atomic mass is 16.3. The number of aliphatic hydroxyl groups is 1. The second-order valence-electron chi connectivity index (χ2n) is 3.48. The molecule has 0 saturated carbocycles. The Morgan fingerprint density at radius 3 is 3.15 bits per heavy atom. The van der Waals surface area contributed by atoms with Crippen molar-refractivity contribution < 1.29 is 5.11 Å². The standard InChI is InChI=1S/C9H15N3O/c1-2-8-10-9-7(6-13)4-3-5-12(9)11-8/h7,13H,2-6H2,1H3. The van der Waals surface area contributed by atoms with Gasteiger partial charge in [0.25, 0.3) is 0 Å². The van der Waals surface area contributed by atoms with Crippen molar-refractivity contribution in [3.63, 3.8) is 0 Å². The zero-order chi connectivity index (χ0) is 9.26. The molecule has 1 aliphatic heterocycles. The molecule has 4 heteroatoms. The Morgan fingerprint density at radius 2 is 2.46 bits per heavy atom. The summed E-state index contributed by atoms with van der Waals surface area (Å²) in [6, 6.07) is 0. The molecule has 0 fully saturated rings. The predicted molar refractivity (Wildman–Crippen MR) is 48.5 cm³/mol. The van der Waals surface area contributed by atoms with Crippen LogP contribution in [0.15, 0.2) is 0 Å². The van der Waals surface area contributed by atoms with Crippen LogP contribution < -0.4 is 0 Å². The summed E-state index contributed by atoms with van der Waals surface area (Å²) in [7, 11) is 0. The highest BCUT2D eigenvalue weighted by Gasteiger charge is 2.22. The number of aliphatic hydroxyl groups excluding tert-OH is 1. The number of aromatic nitrogens is 3. The molecule has 13 heavy (non-hydrogen) atoms. The highest BCUT2D eigenvalue weighted by molar-refractivity contribution is 5.02. The van der Waals surface area contributed by atoms with Gasteiger partial charge in [0, 0.05) is 18.9 Å². The Hall–Kier alpha value is -0.900. The summed E-state index contributed by atoms with van der Waals surface area (Å²) in [5.41, 5.74) is 0. The van der Waals surface area contributed by atoms with Crippen LogP contribution >= 0.6 is 0 Å². The monoisotopic (exact) mass is 181 g/mol. The Morgan fingerprint density at radius 1 is 1.62 bits per heavy atom. The Balaban J connectivity index is 2.32. The summed E-state index contributed by atoms with van der Waals surface area (Å²) in [4.78, 5) is 4.41. The first-order chi connectivity index (χ1) is 6.35. The van der Waals surface area contributed by atoms with Crippen molar-refractivity contribution in [2.75, 3.05) is 6.61 Å². The maximum atomic E-state index is 9.14. The maximum absolute atomic E-state index is 9.14. The van der Waals surface area contributed by atoms with Crippen molar-refractivity contribution in [3.8, 4) is 0 Å². The molecule has 0 bridgehead atoms. The van der Waals surface area contributed by atoms with Crippen molar-refractivity contribution in [3.05, 3.63) is 11.6 Å². The van der Waals surface area contributed by atoms with Crippen LogP contribution in [0, 0.1) is 0 Å². The van der Waals surface area contributed by atoms with Crippen LogP contribution in [0.5, 0.6) is 0 Å². The molecule has 1 aromatic rings. The van der Waals surface area contributed by atoms with Gasteiger partial charge in [-0.15, -0.1) is 0 Å². The summed E-state index contributed by atoms with van der Waals surface area (Å²) < 4.78 is 1.95. The molecule has 4 nitrogen and oxygen atoms in total. The molecule has 0 radical (unpaired) electrons. The first-order valence-corrected chi connectivity index (χ1v) is 4.89. The van der Waals surface area contributed by atoms with Crippen molar-refractivity contribution >= 4 is 0 Å². The lowest BCUT2D eigenvalue weighted by Gasteiger charge is -2.19. The topological polar surface area (TPSA) is 50.9 Å². The van der Waals surface area contributed by atoms with Gasteiger partial charge in [0.15, 0.2) is 5.82 Å². The molecule has 0 aromatic carbocycles. The predicted octanol–water partition coefficient (Wildman–Crippen LogP) is 0.710. The third kappa shape index (κ3) is 1.46. The number of rotatable bonds is 2. The first kappa shape index (κ1) is 8.69. The molecular formula is C9H15N3O. The molecule has 1 aromatic heterocycles. The van der Waals surface area contributed by atoms with E-state index in [0.717, 1.165) is 37.5 Å². The van der Waals surface area contributed by atoms with E-state index in [4.69, 9.17) is 5.11 Å². The second-order valence-corrected chi connectivity index (χ2v) is 3.48. The average molecular weight is 181 g/mol. The Bertz CT molecular complexity index is 295. The van der Waals surface area contributed by atoms with Gasteiger partial charge in [-0.1, -0.05) is 6.92 Å². The second kappa shape index (κ2) is 3.46. The van der Waals surface area contributed by atoms with E-state index < -0.39 is 0 Å². The van der Waals surface area contributed by atoms with E-state index in [1.54, 1.807) is 0 Å². The molecule has 72 valence electrons. The largest absolute Gasteiger partial charge is 0.396 e. The fraction of sp³-hybridized carbons (Fsp3) is 0.778. The van der Waals surface area contributed by atoms with Crippen LogP contribution in [-0.4, -0.2) is 26.5 Å². The molecule has 0 saturated heterocycles. The molecule has 1 unspecified atom stereocenters. The zero-order valence-corrected chi connectivity index (χ0v) is 7.90. The first-order valence-electron chi connectivity index (χ1n) is 4.89. The van der Waals surface area contributed by atoms with E-state index in [2.05, 4.69) is 17.0 Å². The van der Waals surface area contributed by atoms with E-state index in [1.807, 2.05) is 4.68 Å². The van der Waals surface area contributed by atoms with Gasteiger partial charge in [-0.3, -0.25) is 0 Å². The number of hydrogen-bond acceptors (Lipinski definition) is 3. The zero-order valence-electron chi connectivity index (χ0n) is 7.90. The van der Waals surface area contributed by atoms with Crippen molar-refractivity contribution in [2.24, 2.45) is 0 Å². The lowest BCUT2D eigenvalue weighted by Crippen LogP contribution is -2.19. The molecule has 2 rings (SSSR count). The van der Waals surface area contributed by atoms with Crippen LogP contribution in [0.1, 0.15) is 37.3 Å². The van der Waals surface area contributed by atoms with Crippen LogP contribution in [-0.2, 0) is 13.0 Å². The number of fused-ring (bicyclic) bond motifs is 1. The SMILES string of the molecule is CCc1nc2n(n1)CCCC2CO. The average Bonchev–Trinajstić information content (AvgIpc) is 2.59. The van der Waals surface area contributed by atoms with Gasteiger partial charge in [-0.05, 0) is 12.8 Å². The number of aryl methyl sites for hydroxylation is 2. The van der Waals surface area contributed by atoms with Crippen LogP contribution in [0.25, 0.3) is 0 Å². The van der Waals surface area contributed by atoms with E-state index in [9.17, 15) is 0 Å². The van der Waals surface area contributed by atoms with Crippen molar-refractivity contribution in [1.82, 2.24) is 14.8 Å². The third-order valence-electron chi connectivity index (χ3n) is 2.57. The fourth-order valence-electron chi connectivity index (χ4n) is 1.81. The summed E-state index contributed by atoms with van der Waals surface area (Å²) in [6.07, 6.45) is 3.02. The van der Waals surface area contributed by atoms with Crippen LogP contribution in [0.4, 0.5) is 0 Å². The smallest absolute Gasteiger partial charge is 0.150 e. The summed E-state index contributed by atoms with van der Waals surface area (Å²) in [5.74, 6) is 2.09. The summed E-state index contributed by atoms with van der Waals surface area (Å²) >= 11 is 0. The van der Waals surface area contributed by atoms with Crippen LogP contribution in [0.3, 0.4) is 0 Å². The molecule has 1 N–H and O–H groups in total. The third-order valence-corrected chi connectivity index (χ3v) is 2.57. The minimum Gasteiger partial charge on any atom is -0.396 e. The maximum Gasteiger partial charge on any atom is 0.150 e. The molecule has 1 atom stereocenters. The minimum absolute atomic E-state index is 0.196. The fourth-order valence-corrected chi connectivity index (χ4v) is 1.81. The number of hydrogen-bond donors (Lipinski definition) is 1. The Kier molecular flexibility index (Phi) is 2.31. The molecular weight excluding hydrogens is 166 g/mol. The molecule has 0 amide bonds. The van der Waals surface area contributed by atoms with Crippen LogP contribution in [0.2, 0.25) is 0 Å². The summed E-state index contributed by atoms with van der Waals surface area (Å²) in [5, 5.41) is 13.5. The molecule has 0 aliphatic carbocycles. The lowest BCUT2D eigenvalue weighted by atomic mass is 10.0. The quantitative estimate of drug-likeness (QED) is 0.731. The highest BCUT2D eigenvalue weighted by Crippen LogP contribution is 2.24. The molecule has 0 spiro atoms. The van der Waals surface area contributed by atoms with E-state index >= 15 is 0 Å². The van der Waals surface area contributed by atoms with E-state index in [-0.39, 0.29) is 12.5 Å². The van der Waals surface area contributed by atoms with Gasteiger partial charge in [0.05, 0.1) is 6.61 Å². The summed E-state index contributed by atoms with van der Waals surface area (Å²) in [6.45, 7) is 3.20. The van der Waals surface area contributed by atoms with Gasteiger partial charge < -0.3 is 5.11 Å². The van der Waals surface area contributed by atoms with Gasteiger partial charge in [-0.2, -0.15) is 5.10 Å². The normalized spacial score (nSPS) is 21.5. The lowest BCUT2D eigenvalue weighted by molar-refractivity contribution is 0.234. The van der Waals surface area contributed by atoms with Gasteiger partial charge in [0.2, 0.25) is 0 Å². The van der Waals surface area contributed by atoms with Gasteiger partial charge >= 0.3 is 0 Å². The van der Waals surface area contributed by atoms with Crippen molar-refractivity contribution in [2.45, 2.75) is 38.6 Å². The molecule has 2 heterocycles.